The summed E-state index contributed by atoms with van der Waals surface area (Å²) in [6, 6.07) is 10.3. The number of hydrogen-bond donors (Lipinski definition) is 1. The molecule has 7 nitrogen and oxygen atoms in total. The molecule has 1 saturated heterocycles. The number of hydrogen-bond acceptors (Lipinski definition) is 8. The highest BCUT2D eigenvalue weighted by molar-refractivity contribution is 8.04. The molecule has 2 heterocycles. The van der Waals surface area contributed by atoms with Crippen LogP contribution in [-0.2, 0) is 9.59 Å². The van der Waals surface area contributed by atoms with Gasteiger partial charge in [-0.05, 0) is 25.5 Å². The quantitative estimate of drug-likeness (QED) is 0.571. The summed E-state index contributed by atoms with van der Waals surface area (Å²) in [7, 11) is 0. The molecule has 1 aromatic carbocycles. The van der Waals surface area contributed by atoms with E-state index in [4.69, 9.17) is 0 Å². The lowest BCUT2D eigenvalue weighted by atomic mass is 10.2. The molecule has 1 atom stereocenters. The minimum absolute atomic E-state index is 0.00411. The Labute approximate surface area is 190 Å². The highest BCUT2D eigenvalue weighted by Gasteiger charge is 2.26. The van der Waals surface area contributed by atoms with Crippen LogP contribution < -0.4 is 10.2 Å². The van der Waals surface area contributed by atoms with Crippen LogP contribution in [0.15, 0.2) is 39.0 Å². The van der Waals surface area contributed by atoms with Gasteiger partial charge in [-0.1, -0.05) is 60.0 Å². The number of aromatic nitrogens is 2. The number of thioether (sulfide) groups is 2. The molecule has 1 fully saturated rings. The molecule has 0 aliphatic carbocycles. The summed E-state index contributed by atoms with van der Waals surface area (Å²) in [5.41, 5.74) is 1.20. The second-order valence-corrected chi connectivity index (χ2v) is 10.7. The first-order chi connectivity index (χ1) is 14.6. The van der Waals surface area contributed by atoms with Crippen LogP contribution in [0.25, 0.3) is 0 Å². The average molecular weight is 466 g/mol. The lowest BCUT2D eigenvalue weighted by Gasteiger charge is -2.37. The molecule has 3 rings (SSSR count). The predicted molar refractivity (Wildman–Crippen MR) is 124 cm³/mol. The summed E-state index contributed by atoms with van der Waals surface area (Å²) in [6.07, 6.45) is 0.920. The van der Waals surface area contributed by atoms with Gasteiger partial charge in [-0.2, -0.15) is 0 Å². The van der Waals surface area contributed by atoms with E-state index < -0.39 is 0 Å². The number of nitrogens with one attached hydrogen (secondary N) is 1. The fourth-order valence-electron chi connectivity index (χ4n) is 3.03. The maximum Gasteiger partial charge on any atom is 0.235 e. The van der Waals surface area contributed by atoms with Gasteiger partial charge >= 0.3 is 0 Å². The number of benzene rings is 1. The Morgan fingerprint density at radius 2 is 1.83 bits per heavy atom. The SMILES string of the molecule is CCCNC(=O)CSc1nnc(SC(C)C(=O)N2CCN(c3ccccc3)CC2)s1. The van der Waals surface area contributed by atoms with Gasteiger partial charge in [0.25, 0.3) is 0 Å². The summed E-state index contributed by atoms with van der Waals surface area (Å²) in [5.74, 6) is 0.472. The molecule has 1 aliphatic heterocycles. The van der Waals surface area contributed by atoms with Crippen LogP contribution in [0.2, 0.25) is 0 Å². The Kier molecular flexibility index (Phi) is 8.83. The van der Waals surface area contributed by atoms with E-state index in [2.05, 4.69) is 32.5 Å². The number of anilines is 1. The van der Waals surface area contributed by atoms with Gasteiger partial charge in [-0.25, -0.2) is 0 Å². The van der Waals surface area contributed by atoms with Crippen LogP contribution in [0.3, 0.4) is 0 Å². The maximum absolute atomic E-state index is 12.9. The summed E-state index contributed by atoms with van der Waals surface area (Å²) in [4.78, 5) is 28.8. The van der Waals surface area contributed by atoms with Crippen molar-refractivity contribution >= 4 is 52.4 Å². The van der Waals surface area contributed by atoms with Crippen molar-refractivity contribution in [3.8, 4) is 0 Å². The molecule has 30 heavy (non-hydrogen) atoms. The van der Waals surface area contributed by atoms with E-state index in [1.807, 2.05) is 36.9 Å². The largest absolute Gasteiger partial charge is 0.368 e. The highest BCUT2D eigenvalue weighted by Crippen LogP contribution is 2.32. The standard InChI is InChI=1S/C20H27N5O2S3/c1-3-9-21-17(26)14-28-19-22-23-20(30-19)29-15(2)18(27)25-12-10-24(11-13-25)16-7-5-4-6-8-16/h4-8,15H,3,9-14H2,1-2H3,(H,21,26). The van der Waals surface area contributed by atoms with Gasteiger partial charge < -0.3 is 15.1 Å². The molecule has 10 heteroatoms. The second kappa shape index (κ2) is 11.6. The van der Waals surface area contributed by atoms with Gasteiger partial charge in [0.15, 0.2) is 8.68 Å². The third-order valence-electron chi connectivity index (χ3n) is 4.62. The van der Waals surface area contributed by atoms with Crippen molar-refractivity contribution < 1.29 is 9.59 Å². The van der Waals surface area contributed by atoms with E-state index in [0.29, 0.717) is 12.3 Å². The smallest absolute Gasteiger partial charge is 0.235 e. The molecule has 0 saturated carbocycles. The maximum atomic E-state index is 12.9. The van der Waals surface area contributed by atoms with Crippen molar-refractivity contribution in [1.82, 2.24) is 20.4 Å². The zero-order chi connectivity index (χ0) is 21.3. The van der Waals surface area contributed by atoms with Crippen molar-refractivity contribution in [2.75, 3.05) is 43.4 Å². The van der Waals surface area contributed by atoms with E-state index >= 15 is 0 Å². The monoisotopic (exact) mass is 465 g/mol. The van der Waals surface area contributed by atoms with E-state index in [9.17, 15) is 9.59 Å². The van der Waals surface area contributed by atoms with Gasteiger partial charge in [0.2, 0.25) is 11.8 Å². The van der Waals surface area contributed by atoms with Crippen LogP contribution >= 0.6 is 34.9 Å². The summed E-state index contributed by atoms with van der Waals surface area (Å²) in [6.45, 7) is 7.76. The third-order valence-corrected chi connectivity index (χ3v) is 7.85. The van der Waals surface area contributed by atoms with E-state index in [0.717, 1.165) is 41.3 Å². The Morgan fingerprint density at radius 1 is 1.13 bits per heavy atom. The van der Waals surface area contributed by atoms with E-state index in [-0.39, 0.29) is 17.1 Å². The molecule has 0 radical (unpaired) electrons. The van der Waals surface area contributed by atoms with Crippen LogP contribution in [0, 0.1) is 0 Å². The lowest BCUT2D eigenvalue weighted by Crippen LogP contribution is -2.50. The van der Waals surface area contributed by atoms with Crippen molar-refractivity contribution in [2.45, 2.75) is 34.2 Å². The highest BCUT2D eigenvalue weighted by atomic mass is 32.2. The van der Waals surface area contributed by atoms with Gasteiger partial charge in [0.05, 0.1) is 11.0 Å². The molecule has 0 spiro atoms. The Hall–Kier alpha value is -1.78. The first-order valence-electron chi connectivity index (χ1n) is 10.0. The molecule has 2 amide bonds. The Bertz CT molecular complexity index is 825. The summed E-state index contributed by atoms with van der Waals surface area (Å²) in [5, 5.41) is 10.9. The zero-order valence-electron chi connectivity index (χ0n) is 17.2. The van der Waals surface area contributed by atoms with Crippen LogP contribution in [0.5, 0.6) is 0 Å². The number of para-hydroxylation sites is 1. The average Bonchev–Trinajstić information content (AvgIpc) is 3.23. The van der Waals surface area contributed by atoms with Gasteiger partial charge in [-0.15, -0.1) is 10.2 Å². The molecule has 1 aliphatic rings. The Balaban J connectivity index is 1.44. The summed E-state index contributed by atoms with van der Waals surface area (Å²) < 4.78 is 1.51. The molecule has 1 unspecified atom stereocenters. The first-order valence-corrected chi connectivity index (χ1v) is 12.7. The first kappa shape index (κ1) is 22.9. The van der Waals surface area contributed by atoms with E-state index in [1.54, 1.807) is 0 Å². The fraction of sp³-hybridized carbons (Fsp3) is 0.500. The van der Waals surface area contributed by atoms with Gasteiger partial charge in [0.1, 0.15) is 0 Å². The van der Waals surface area contributed by atoms with Gasteiger partial charge in [-0.3, -0.25) is 9.59 Å². The minimum Gasteiger partial charge on any atom is -0.368 e. The van der Waals surface area contributed by atoms with Crippen LogP contribution in [0.1, 0.15) is 20.3 Å². The fourth-order valence-corrected chi connectivity index (χ4v) is 6.11. The lowest BCUT2D eigenvalue weighted by molar-refractivity contribution is -0.130. The van der Waals surface area contributed by atoms with Gasteiger partial charge in [0, 0.05) is 38.4 Å². The van der Waals surface area contributed by atoms with Crippen molar-refractivity contribution in [2.24, 2.45) is 0 Å². The number of piperazine rings is 1. The minimum atomic E-state index is -0.216. The molecular weight excluding hydrogens is 438 g/mol. The van der Waals surface area contributed by atoms with Crippen LogP contribution in [0.4, 0.5) is 5.69 Å². The number of rotatable bonds is 9. The normalized spacial score (nSPS) is 15.1. The molecule has 0 bridgehead atoms. The summed E-state index contributed by atoms with van der Waals surface area (Å²) >= 11 is 4.25. The molecule has 162 valence electrons. The predicted octanol–water partition coefficient (Wildman–Crippen LogP) is 2.99. The third kappa shape index (κ3) is 6.61. The van der Waals surface area contributed by atoms with Crippen molar-refractivity contribution in [3.63, 3.8) is 0 Å². The second-order valence-electron chi connectivity index (χ2n) is 6.88. The number of carbonyl (C=O) groups excluding carboxylic acids is 2. The number of carbonyl (C=O) groups is 2. The molecule has 1 N–H and O–H groups in total. The topological polar surface area (TPSA) is 78.4 Å². The zero-order valence-corrected chi connectivity index (χ0v) is 19.7. The van der Waals surface area contributed by atoms with E-state index in [1.165, 1.54) is 40.5 Å². The van der Waals surface area contributed by atoms with Crippen LogP contribution in [-0.4, -0.2) is 70.6 Å². The van der Waals surface area contributed by atoms with Crippen molar-refractivity contribution in [1.29, 1.82) is 0 Å². The number of amides is 2. The van der Waals surface area contributed by atoms with Crippen molar-refractivity contribution in [3.05, 3.63) is 30.3 Å². The molecule has 1 aromatic heterocycles. The number of nitrogens with zero attached hydrogens (tertiary/aromatic N) is 4. The Morgan fingerprint density at radius 3 is 2.53 bits per heavy atom. The molecular formula is C20H27N5O2S3. The molecule has 2 aromatic rings.